The Balaban J connectivity index is 1.59. The number of hydroxylamine groups is 1. The highest BCUT2D eigenvalue weighted by Gasteiger charge is 2.11. The summed E-state index contributed by atoms with van der Waals surface area (Å²) in [7, 11) is 0. The molecule has 0 radical (unpaired) electrons. The van der Waals surface area contributed by atoms with Crippen LogP contribution < -0.4 is 5.48 Å². The van der Waals surface area contributed by atoms with E-state index in [1.807, 2.05) is 77.5 Å². The standard InChI is InChI=1S/C19H18N2O2/c22-19(20-23-15-17-10-5-2-6-11-17)18-12-7-13-21(18)14-16-8-3-1-4-9-16/h1-13H,14-15H2,(H,20,22). The third-order valence-electron chi connectivity index (χ3n) is 3.50. The molecule has 1 amide bonds. The number of hydrogen-bond donors (Lipinski definition) is 1. The Morgan fingerprint density at radius 2 is 1.52 bits per heavy atom. The third kappa shape index (κ3) is 4.08. The second-order valence-electron chi connectivity index (χ2n) is 5.21. The van der Waals surface area contributed by atoms with Crippen LogP contribution in [0.1, 0.15) is 21.6 Å². The molecule has 1 N–H and O–H groups in total. The first kappa shape index (κ1) is 15.1. The fourth-order valence-electron chi connectivity index (χ4n) is 2.35. The van der Waals surface area contributed by atoms with Gasteiger partial charge in [-0.2, -0.15) is 0 Å². The molecule has 1 aromatic heterocycles. The number of carbonyl (C=O) groups is 1. The molecule has 0 fully saturated rings. The molecule has 0 unspecified atom stereocenters. The fraction of sp³-hybridized carbons (Fsp3) is 0.105. The van der Waals surface area contributed by atoms with Crippen molar-refractivity contribution in [3.8, 4) is 0 Å². The number of carbonyl (C=O) groups excluding carboxylic acids is 1. The van der Waals surface area contributed by atoms with Crippen molar-refractivity contribution in [3.05, 3.63) is 95.8 Å². The van der Waals surface area contributed by atoms with Crippen LogP contribution in [0.3, 0.4) is 0 Å². The zero-order valence-electron chi connectivity index (χ0n) is 12.7. The van der Waals surface area contributed by atoms with Crippen LogP contribution >= 0.6 is 0 Å². The van der Waals surface area contributed by atoms with Crippen LogP contribution in [0.2, 0.25) is 0 Å². The van der Waals surface area contributed by atoms with E-state index >= 15 is 0 Å². The van der Waals surface area contributed by atoms with Crippen LogP contribution in [-0.2, 0) is 18.0 Å². The van der Waals surface area contributed by atoms with E-state index < -0.39 is 0 Å². The molecule has 1 heterocycles. The second kappa shape index (κ2) is 7.42. The average molecular weight is 306 g/mol. The van der Waals surface area contributed by atoms with Gasteiger partial charge in [-0.05, 0) is 23.3 Å². The summed E-state index contributed by atoms with van der Waals surface area (Å²) in [5.74, 6) is -0.248. The molecule has 0 spiro atoms. The SMILES string of the molecule is O=C(NOCc1ccccc1)c1cccn1Cc1ccccc1. The van der Waals surface area contributed by atoms with Crippen LogP contribution in [0.5, 0.6) is 0 Å². The first-order valence-electron chi connectivity index (χ1n) is 7.48. The normalized spacial score (nSPS) is 10.4. The number of benzene rings is 2. The summed E-state index contributed by atoms with van der Waals surface area (Å²) in [6.07, 6.45) is 1.89. The lowest BCUT2D eigenvalue weighted by Crippen LogP contribution is -2.26. The summed E-state index contributed by atoms with van der Waals surface area (Å²) in [5.41, 5.74) is 5.22. The Labute approximate surface area is 135 Å². The van der Waals surface area contributed by atoms with Crippen molar-refractivity contribution >= 4 is 5.91 Å². The van der Waals surface area contributed by atoms with E-state index in [-0.39, 0.29) is 5.91 Å². The lowest BCUT2D eigenvalue weighted by atomic mass is 10.2. The second-order valence-corrected chi connectivity index (χ2v) is 5.21. The van der Waals surface area contributed by atoms with Gasteiger partial charge in [0, 0.05) is 12.7 Å². The molecular formula is C19H18N2O2. The molecule has 116 valence electrons. The quantitative estimate of drug-likeness (QED) is 0.709. The number of nitrogens with zero attached hydrogens (tertiary/aromatic N) is 1. The Morgan fingerprint density at radius 3 is 2.22 bits per heavy atom. The number of amides is 1. The highest BCUT2D eigenvalue weighted by molar-refractivity contribution is 5.91. The van der Waals surface area contributed by atoms with Crippen molar-refractivity contribution in [2.45, 2.75) is 13.2 Å². The van der Waals surface area contributed by atoms with E-state index in [1.165, 1.54) is 0 Å². The first-order chi connectivity index (χ1) is 11.3. The molecular weight excluding hydrogens is 288 g/mol. The van der Waals surface area contributed by atoms with Crippen molar-refractivity contribution < 1.29 is 9.63 Å². The molecule has 3 aromatic rings. The van der Waals surface area contributed by atoms with Crippen LogP contribution in [0.25, 0.3) is 0 Å². The van der Waals surface area contributed by atoms with E-state index in [0.29, 0.717) is 18.8 Å². The summed E-state index contributed by atoms with van der Waals surface area (Å²) in [5, 5.41) is 0. The molecule has 0 saturated heterocycles. The summed E-state index contributed by atoms with van der Waals surface area (Å²) < 4.78 is 1.90. The molecule has 0 aliphatic rings. The van der Waals surface area contributed by atoms with Gasteiger partial charge in [0.2, 0.25) is 0 Å². The predicted octanol–water partition coefficient (Wildman–Crippen LogP) is 3.40. The minimum absolute atomic E-state index is 0.248. The van der Waals surface area contributed by atoms with Crippen LogP contribution in [0, 0.1) is 0 Å². The smallest absolute Gasteiger partial charge is 0.291 e. The monoisotopic (exact) mass is 306 g/mol. The third-order valence-corrected chi connectivity index (χ3v) is 3.50. The van der Waals surface area contributed by atoms with Gasteiger partial charge in [0.1, 0.15) is 5.69 Å². The van der Waals surface area contributed by atoms with Gasteiger partial charge in [0.25, 0.3) is 5.91 Å². The lowest BCUT2D eigenvalue weighted by Gasteiger charge is -2.10. The summed E-state index contributed by atoms with van der Waals surface area (Å²) >= 11 is 0. The van der Waals surface area contributed by atoms with Crippen LogP contribution in [-0.4, -0.2) is 10.5 Å². The summed E-state index contributed by atoms with van der Waals surface area (Å²) in [6.45, 7) is 0.987. The highest BCUT2D eigenvalue weighted by atomic mass is 16.6. The topological polar surface area (TPSA) is 43.3 Å². The van der Waals surface area contributed by atoms with Gasteiger partial charge < -0.3 is 4.57 Å². The molecule has 0 bridgehead atoms. The van der Waals surface area contributed by atoms with Crippen LogP contribution in [0.15, 0.2) is 79.0 Å². The van der Waals surface area contributed by atoms with Gasteiger partial charge >= 0.3 is 0 Å². The highest BCUT2D eigenvalue weighted by Crippen LogP contribution is 2.08. The van der Waals surface area contributed by atoms with Crippen molar-refractivity contribution in [1.29, 1.82) is 0 Å². The van der Waals surface area contributed by atoms with Gasteiger partial charge in [-0.25, -0.2) is 5.48 Å². The van der Waals surface area contributed by atoms with Crippen LogP contribution in [0.4, 0.5) is 0 Å². The average Bonchev–Trinajstić information content (AvgIpc) is 3.05. The minimum atomic E-state index is -0.248. The van der Waals surface area contributed by atoms with Gasteiger partial charge in [-0.15, -0.1) is 0 Å². The molecule has 23 heavy (non-hydrogen) atoms. The zero-order chi connectivity index (χ0) is 15.9. The van der Waals surface area contributed by atoms with Gasteiger partial charge in [-0.3, -0.25) is 9.63 Å². The van der Waals surface area contributed by atoms with E-state index in [2.05, 4.69) is 5.48 Å². The number of rotatable bonds is 6. The molecule has 0 atom stereocenters. The Kier molecular flexibility index (Phi) is 4.86. The molecule has 0 aliphatic heterocycles. The molecule has 0 aliphatic carbocycles. The Morgan fingerprint density at radius 1 is 0.870 bits per heavy atom. The summed E-state index contributed by atoms with van der Waals surface area (Å²) in [4.78, 5) is 17.5. The fourth-order valence-corrected chi connectivity index (χ4v) is 2.35. The molecule has 0 saturated carbocycles. The molecule has 4 nitrogen and oxygen atoms in total. The first-order valence-corrected chi connectivity index (χ1v) is 7.48. The predicted molar refractivity (Wildman–Crippen MR) is 88.7 cm³/mol. The van der Waals surface area contributed by atoms with Gasteiger partial charge in [-0.1, -0.05) is 60.7 Å². The lowest BCUT2D eigenvalue weighted by molar-refractivity contribution is 0.0226. The number of hydrogen-bond acceptors (Lipinski definition) is 2. The maximum Gasteiger partial charge on any atom is 0.291 e. The molecule has 2 aromatic carbocycles. The maximum absolute atomic E-state index is 12.3. The number of aromatic nitrogens is 1. The Bertz CT molecular complexity index is 751. The van der Waals surface area contributed by atoms with Crippen molar-refractivity contribution in [2.75, 3.05) is 0 Å². The Hall–Kier alpha value is -2.85. The van der Waals surface area contributed by atoms with Crippen molar-refractivity contribution in [1.82, 2.24) is 10.0 Å². The van der Waals surface area contributed by atoms with E-state index in [9.17, 15) is 4.79 Å². The van der Waals surface area contributed by atoms with Gasteiger partial charge in [0.05, 0.1) is 6.61 Å². The number of nitrogens with one attached hydrogen (secondary N) is 1. The van der Waals surface area contributed by atoms with Crippen molar-refractivity contribution in [2.24, 2.45) is 0 Å². The minimum Gasteiger partial charge on any atom is -0.339 e. The maximum atomic E-state index is 12.3. The zero-order valence-corrected chi connectivity index (χ0v) is 12.7. The van der Waals surface area contributed by atoms with E-state index in [4.69, 9.17) is 4.84 Å². The van der Waals surface area contributed by atoms with E-state index in [0.717, 1.165) is 11.1 Å². The van der Waals surface area contributed by atoms with Gasteiger partial charge in [0.15, 0.2) is 0 Å². The molecule has 3 rings (SSSR count). The van der Waals surface area contributed by atoms with E-state index in [1.54, 1.807) is 6.07 Å². The van der Waals surface area contributed by atoms with Crippen molar-refractivity contribution in [3.63, 3.8) is 0 Å². The largest absolute Gasteiger partial charge is 0.339 e. The summed E-state index contributed by atoms with van der Waals surface area (Å²) in [6, 6.07) is 23.4. The molecule has 4 heteroatoms.